The van der Waals surface area contributed by atoms with Crippen molar-refractivity contribution in [2.24, 2.45) is 4.99 Å². The van der Waals surface area contributed by atoms with Crippen LogP contribution in [0.2, 0.25) is 0 Å². The maximum atomic E-state index is 12.4. The van der Waals surface area contributed by atoms with Crippen LogP contribution in [0.3, 0.4) is 0 Å². The van der Waals surface area contributed by atoms with Gasteiger partial charge in [0.25, 0.3) is 0 Å². The number of ether oxygens (including phenoxy) is 4. The highest BCUT2D eigenvalue weighted by Gasteiger charge is 2.24. The van der Waals surface area contributed by atoms with Crippen molar-refractivity contribution in [3.05, 3.63) is 89.6 Å². The molecule has 1 heterocycles. The molecule has 0 fully saturated rings. The molecule has 0 saturated heterocycles. The largest absolute Gasteiger partial charge is 0.493 e. The molecule has 172 valence electrons. The van der Waals surface area contributed by atoms with Gasteiger partial charge in [0, 0.05) is 5.56 Å². The van der Waals surface area contributed by atoms with Crippen molar-refractivity contribution in [3.8, 4) is 22.6 Å². The monoisotopic (exact) mass is 457 g/mol. The van der Waals surface area contributed by atoms with E-state index in [9.17, 15) is 9.59 Å². The van der Waals surface area contributed by atoms with Crippen molar-refractivity contribution < 1.29 is 28.5 Å². The van der Waals surface area contributed by atoms with Gasteiger partial charge in [0.15, 0.2) is 23.8 Å². The van der Waals surface area contributed by atoms with E-state index in [-0.39, 0.29) is 24.8 Å². The summed E-state index contributed by atoms with van der Waals surface area (Å²) < 4.78 is 21.1. The summed E-state index contributed by atoms with van der Waals surface area (Å²) in [6.45, 7) is 1.78. The maximum absolute atomic E-state index is 12.4. The fraction of sp³-hybridized carbons (Fsp3) is 0.148. The molecule has 0 radical (unpaired) electrons. The van der Waals surface area contributed by atoms with E-state index < -0.39 is 11.9 Å². The van der Waals surface area contributed by atoms with Gasteiger partial charge in [-0.1, -0.05) is 48.5 Å². The second kappa shape index (κ2) is 10.5. The van der Waals surface area contributed by atoms with Crippen LogP contribution in [-0.2, 0) is 19.1 Å². The van der Waals surface area contributed by atoms with Gasteiger partial charge in [-0.3, -0.25) is 0 Å². The number of hydrogen-bond donors (Lipinski definition) is 0. The highest BCUT2D eigenvalue weighted by Crippen LogP contribution is 2.30. The van der Waals surface area contributed by atoms with Crippen LogP contribution in [0.25, 0.3) is 17.2 Å². The number of rotatable bonds is 8. The van der Waals surface area contributed by atoms with Crippen LogP contribution in [0.15, 0.2) is 83.5 Å². The van der Waals surface area contributed by atoms with Crippen LogP contribution < -0.4 is 9.47 Å². The van der Waals surface area contributed by atoms with E-state index in [2.05, 4.69) is 4.99 Å². The van der Waals surface area contributed by atoms with E-state index in [4.69, 9.17) is 18.9 Å². The van der Waals surface area contributed by atoms with E-state index in [1.807, 2.05) is 54.6 Å². The second-order valence-electron chi connectivity index (χ2n) is 7.28. The summed E-state index contributed by atoms with van der Waals surface area (Å²) in [5.74, 6) is 0.0317. The zero-order chi connectivity index (χ0) is 23.9. The van der Waals surface area contributed by atoms with Gasteiger partial charge in [-0.15, -0.1) is 0 Å². The molecule has 4 rings (SSSR count). The summed E-state index contributed by atoms with van der Waals surface area (Å²) in [5.41, 5.74) is 3.70. The molecule has 0 aromatic heterocycles. The minimum Gasteiger partial charge on any atom is -0.493 e. The number of cyclic esters (lactones) is 1. The van der Waals surface area contributed by atoms with Crippen LogP contribution in [0.1, 0.15) is 18.1 Å². The molecule has 1 aliphatic rings. The summed E-state index contributed by atoms with van der Waals surface area (Å²) in [7, 11) is 1.49. The number of benzene rings is 3. The summed E-state index contributed by atoms with van der Waals surface area (Å²) in [4.78, 5) is 28.3. The highest BCUT2D eigenvalue weighted by molar-refractivity contribution is 6.13. The first-order valence-electron chi connectivity index (χ1n) is 10.7. The molecule has 7 nitrogen and oxygen atoms in total. The molecule has 0 atom stereocenters. The molecular formula is C27H23NO6. The van der Waals surface area contributed by atoms with Crippen molar-refractivity contribution in [2.45, 2.75) is 6.92 Å². The van der Waals surface area contributed by atoms with Gasteiger partial charge >= 0.3 is 11.9 Å². The van der Waals surface area contributed by atoms with Crippen molar-refractivity contribution in [1.29, 1.82) is 0 Å². The normalized spacial score (nSPS) is 13.9. The predicted octanol–water partition coefficient (Wildman–Crippen LogP) is 4.65. The summed E-state index contributed by atoms with van der Waals surface area (Å²) in [5, 5.41) is 0. The molecule has 0 spiro atoms. The molecule has 3 aromatic rings. The van der Waals surface area contributed by atoms with Crippen molar-refractivity contribution >= 4 is 23.9 Å². The average molecular weight is 457 g/mol. The molecule has 0 amide bonds. The smallest absolute Gasteiger partial charge is 0.363 e. The van der Waals surface area contributed by atoms with Crippen LogP contribution in [0.4, 0.5) is 0 Å². The van der Waals surface area contributed by atoms with E-state index >= 15 is 0 Å². The predicted molar refractivity (Wildman–Crippen MR) is 128 cm³/mol. The Morgan fingerprint density at radius 1 is 0.941 bits per heavy atom. The van der Waals surface area contributed by atoms with Crippen molar-refractivity contribution in [3.63, 3.8) is 0 Å². The standard InChI is InChI=1S/C27H23NO6/c1-3-32-25(29)17-33-23-14-9-18(16-24(23)31-2)15-22-27(30)34-26(28-22)21-12-10-20(11-13-21)19-7-5-4-6-8-19/h4-16H,3,17H2,1-2H3/b22-15-. The molecule has 0 saturated carbocycles. The Morgan fingerprint density at radius 2 is 1.65 bits per heavy atom. The Kier molecular flexibility index (Phi) is 7.03. The zero-order valence-corrected chi connectivity index (χ0v) is 18.8. The Bertz CT molecular complexity index is 1250. The van der Waals surface area contributed by atoms with Gasteiger partial charge in [-0.25, -0.2) is 14.6 Å². The quantitative estimate of drug-likeness (QED) is 0.362. The van der Waals surface area contributed by atoms with E-state index in [0.717, 1.165) is 11.1 Å². The number of methoxy groups -OCH3 is 1. The first-order chi connectivity index (χ1) is 16.6. The van der Waals surface area contributed by atoms with Crippen LogP contribution in [0, 0.1) is 0 Å². The fourth-order valence-electron chi connectivity index (χ4n) is 3.36. The van der Waals surface area contributed by atoms with Crippen molar-refractivity contribution in [2.75, 3.05) is 20.3 Å². The molecule has 0 aliphatic carbocycles. The highest BCUT2D eigenvalue weighted by atomic mass is 16.6. The van der Waals surface area contributed by atoms with Gasteiger partial charge < -0.3 is 18.9 Å². The topological polar surface area (TPSA) is 83.4 Å². The Hall–Kier alpha value is -4.39. The fourth-order valence-corrected chi connectivity index (χ4v) is 3.36. The lowest BCUT2D eigenvalue weighted by molar-refractivity contribution is -0.145. The Morgan fingerprint density at radius 3 is 2.35 bits per heavy atom. The van der Waals surface area contributed by atoms with E-state index in [0.29, 0.717) is 22.6 Å². The minimum atomic E-state index is -0.538. The third kappa shape index (κ3) is 5.32. The molecule has 7 heteroatoms. The van der Waals surface area contributed by atoms with Gasteiger partial charge in [0.1, 0.15) is 0 Å². The third-order valence-corrected chi connectivity index (χ3v) is 5.00. The van der Waals surface area contributed by atoms with Crippen LogP contribution in [-0.4, -0.2) is 38.2 Å². The van der Waals surface area contributed by atoms with Gasteiger partial charge in [0.2, 0.25) is 5.90 Å². The van der Waals surface area contributed by atoms with E-state index in [1.165, 1.54) is 7.11 Å². The maximum Gasteiger partial charge on any atom is 0.363 e. The van der Waals surface area contributed by atoms with Gasteiger partial charge in [0.05, 0.1) is 13.7 Å². The number of carbonyl (C=O) groups is 2. The number of nitrogens with zero attached hydrogens (tertiary/aromatic N) is 1. The average Bonchev–Trinajstić information content (AvgIpc) is 3.23. The molecule has 3 aromatic carbocycles. The van der Waals surface area contributed by atoms with Crippen molar-refractivity contribution in [1.82, 2.24) is 0 Å². The lowest BCUT2D eigenvalue weighted by Crippen LogP contribution is -2.14. The van der Waals surface area contributed by atoms with Crippen LogP contribution in [0.5, 0.6) is 11.5 Å². The summed E-state index contributed by atoms with van der Waals surface area (Å²) >= 11 is 0. The van der Waals surface area contributed by atoms with E-state index in [1.54, 1.807) is 31.2 Å². The summed E-state index contributed by atoms with van der Waals surface area (Å²) in [6.07, 6.45) is 1.60. The molecule has 34 heavy (non-hydrogen) atoms. The molecule has 0 bridgehead atoms. The Labute approximate surface area is 197 Å². The number of aliphatic imine (C=N–C) groups is 1. The van der Waals surface area contributed by atoms with Gasteiger partial charge in [-0.2, -0.15) is 0 Å². The minimum absolute atomic E-state index is 0.171. The van der Waals surface area contributed by atoms with Gasteiger partial charge in [-0.05, 0) is 54.0 Å². The lowest BCUT2D eigenvalue weighted by atomic mass is 10.0. The SMILES string of the molecule is CCOC(=O)COc1ccc(/C=C2\N=C(c3ccc(-c4ccccc4)cc3)OC2=O)cc1OC. The summed E-state index contributed by atoms with van der Waals surface area (Å²) in [6, 6.07) is 22.7. The number of carbonyl (C=O) groups excluding carboxylic acids is 2. The van der Waals surface area contributed by atoms with Crippen LogP contribution >= 0.6 is 0 Å². The first-order valence-corrected chi connectivity index (χ1v) is 10.7. The first kappa shape index (κ1) is 22.8. The Balaban J connectivity index is 1.51. The lowest BCUT2D eigenvalue weighted by Gasteiger charge is -2.10. The number of hydrogen-bond acceptors (Lipinski definition) is 7. The molecular weight excluding hydrogens is 434 g/mol. The third-order valence-electron chi connectivity index (χ3n) is 5.00. The molecule has 0 unspecified atom stereocenters. The molecule has 1 aliphatic heterocycles. The number of esters is 2. The molecule has 0 N–H and O–H groups in total. The zero-order valence-electron chi connectivity index (χ0n) is 18.8. The second-order valence-corrected chi connectivity index (χ2v) is 7.28.